The lowest BCUT2D eigenvalue weighted by atomic mass is 10.0. The Morgan fingerprint density at radius 1 is 0.860 bits per heavy atom. The average Bonchev–Trinajstić information content (AvgIpc) is 3.23. The van der Waals surface area contributed by atoms with Crippen LogP contribution in [0.2, 0.25) is 0 Å². The zero-order valence-corrected chi connectivity index (χ0v) is 23.0. The number of carbonyl (C=O) groups is 4. The highest BCUT2D eigenvalue weighted by atomic mass is 19.1. The van der Waals surface area contributed by atoms with E-state index in [1.54, 1.807) is 24.3 Å². The lowest BCUT2D eigenvalue weighted by Crippen LogP contribution is -2.54. The Morgan fingerprint density at radius 3 is 2.37 bits per heavy atom. The summed E-state index contributed by atoms with van der Waals surface area (Å²) in [6.45, 7) is 2.77. The maximum Gasteiger partial charge on any atom is 0.264 e. The van der Waals surface area contributed by atoms with Crippen molar-refractivity contribution in [2.75, 3.05) is 36.4 Å². The number of fused-ring (bicyclic) bond motifs is 1. The molecule has 0 aliphatic carbocycles. The van der Waals surface area contributed by atoms with Crippen molar-refractivity contribution >= 4 is 35.0 Å². The molecule has 2 saturated heterocycles. The summed E-state index contributed by atoms with van der Waals surface area (Å²) in [5.41, 5.74) is 2.15. The Kier molecular flexibility index (Phi) is 7.61. The largest absolute Gasteiger partial charge is 0.380 e. The number of piperazine rings is 1. The first-order chi connectivity index (χ1) is 20.7. The SMILES string of the molecule is O=C1CCC(N2C(=O)c3cccc(NCc4ccc(CN5CCN(c6ccc(F)cc6F)CC5)c(F)c4)c3C2=O)C(=O)N1. The zero-order chi connectivity index (χ0) is 30.2. The van der Waals surface area contributed by atoms with Crippen molar-refractivity contribution < 1.29 is 32.3 Å². The molecular formula is C31H28F3N5O4. The molecule has 0 saturated carbocycles. The highest BCUT2D eigenvalue weighted by molar-refractivity contribution is 6.25. The van der Waals surface area contributed by atoms with E-state index in [1.807, 2.05) is 4.90 Å². The second-order valence-electron chi connectivity index (χ2n) is 10.8. The molecule has 2 N–H and O–H groups in total. The first-order valence-corrected chi connectivity index (χ1v) is 14.0. The molecule has 0 spiro atoms. The topological polar surface area (TPSA) is 102 Å². The fourth-order valence-electron chi connectivity index (χ4n) is 5.81. The molecule has 2 fully saturated rings. The van der Waals surface area contributed by atoms with E-state index in [0.29, 0.717) is 55.2 Å². The van der Waals surface area contributed by atoms with Gasteiger partial charge in [0.1, 0.15) is 23.5 Å². The van der Waals surface area contributed by atoms with Crippen LogP contribution in [0.5, 0.6) is 0 Å². The van der Waals surface area contributed by atoms with Gasteiger partial charge in [-0.2, -0.15) is 0 Å². The van der Waals surface area contributed by atoms with Crippen LogP contribution in [0.3, 0.4) is 0 Å². The van der Waals surface area contributed by atoms with E-state index in [4.69, 9.17) is 0 Å². The molecule has 0 aromatic heterocycles. The monoisotopic (exact) mass is 591 g/mol. The van der Waals surface area contributed by atoms with Crippen molar-refractivity contribution in [3.63, 3.8) is 0 Å². The number of imide groups is 2. The summed E-state index contributed by atoms with van der Waals surface area (Å²) >= 11 is 0. The lowest BCUT2D eigenvalue weighted by Gasteiger charge is -2.36. The van der Waals surface area contributed by atoms with Crippen LogP contribution >= 0.6 is 0 Å². The number of hydrogen-bond acceptors (Lipinski definition) is 7. The van der Waals surface area contributed by atoms with E-state index < -0.39 is 41.3 Å². The van der Waals surface area contributed by atoms with Crippen molar-refractivity contribution in [1.82, 2.24) is 15.1 Å². The van der Waals surface area contributed by atoms with Crippen LogP contribution in [0.25, 0.3) is 0 Å². The molecule has 1 unspecified atom stereocenters. The first kappa shape index (κ1) is 28.4. The fourth-order valence-corrected chi connectivity index (χ4v) is 5.81. The zero-order valence-electron chi connectivity index (χ0n) is 23.0. The maximum absolute atomic E-state index is 15.1. The van der Waals surface area contributed by atoms with E-state index in [2.05, 4.69) is 15.5 Å². The number of rotatable bonds is 7. The van der Waals surface area contributed by atoms with Gasteiger partial charge < -0.3 is 10.2 Å². The predicted octanol–water partition coefficient (Wildman–Crippen LogP) is 3.44. The number of halogens is 3. The molecule has 3 aliphatic rings. The normalized spacial score (nSPS) is 19.1. The Balaban J connectivity index is 1.08. The van der Waals surface area contributed by atoms with Gasteiger partial charge in [0.25, 0.3) is 11.8 Å². The van der Waals surface area contributed by atoms with E-state index in [0.717, 1.165) is 11.0 Å². The molecule has 3 aromatic carbocycles. The summed E-state index contributed by atoms with van der Waals surface area (Å²) in [5.74, 6) is -3.97. The molecule has 6 rings (SSSR count). The van der Waals surface area contributed by atoms with Crippen molar-refractivity contribution in [3.8, 4) is 0 Å². The van der Waals surface area contributed by atoms with Crippen molar-refractivity contribution in [2.45, 2.75) is 32.0 Å². The number of nitrogens with one attached hydrogen (secondary N) is 2. The van der Waals surface area contributed by atoms with Gasteiger partial charge in [0.2, 0.25) is 11.8 Å². The first-order valence-electron chi connectivity index (χ1n) is 14.0. The van der Waals surface area contributed by atoms with Gasteiger partial charge in [-0.3, -0.25) is 34.3 Å². The third kappa shape index (κ3) is 5.57. The highest BCUT2D eigenvalue weighted by Gasteiger charge is 2.45. The van der Waals surface area contributed by atoms with Gasteiger partial charge in [-0.25, -0.2) is 13.2 Å². The number of piperidine rings is 1. The summed E-state index contributed by atoms with van der Waals surface area (Å²) in [6, 6.07) is 12.1. The number of hydrogen-bond donors (Lipinski definition) is 2. The third-order valence-electron chi connectivity index (χ3n) is 8.09. The van der Waals surface area contributed by atoms with Crippen LogP contribution in [0.15, 0.2) is 54.6 Å². The molecule has 1 atom stereocenters. The maximum atomic E-state index is 15.1. The van der Waals surface area contributed by atoms with Gasteiger partial charge in [0.15, 0.2) is 0 Å². The molecule has 9 nitrogen and oxygen atoms in total. The number of anilines is 2. The van der Waals surface area contributed by atoms with Gasteiger partial charge >= 0.3 is 0 Å². The predicted molar refractivity (Wildman–Crippen MR) is 151 cm³/mol. The van der Waals surface area contributed by atoms with Crippen molar-refractivity contribution in [1.29, 1.82) is 0 Å². The minimum absolute atomic E-state index is 0.0304. The van der Waals surface area contributed by atoms with E-state index in [9.17, 15) is 28.0 Å². The van der Waals surface area contributed by atoms with E-state index >= 15 is 4.39 Å². The molecule has 3 heterocycles. The average molecular weight is 592 g/mol. The Morgan fingerprint density at radius 2 is 1.65 bits per heavy atom. The molecule has 43 heavy (non-hydrogen) atoms. The summed E-state index contributed by atoms with van der Waals surface area (Å²) < 4.78 is 42.5. The number of benzene rings is 3. The molecule has 222 valence electrons. The minimum atomic E-state index is -1.06. The van der Waals surface area contributed by atoms with Crippen molar-refractivity contribution in [3.05, 3.63) is 94.3 Å². The van der Waals surface area contributed by atoms with Crippen LogP contribution in [0, 0.1) is 17.5 Å². The lowest BCUT2D eigenvalue weighted by molar-refractivity contribution is -0.136. The van der Waals surface area contributed by atoms with Gasteiger partial charge in [-0.05, 0) is 42.3 Å². The summed E-state index contributed by atoms with van der Waals surface area (Å²) in [5, 5.41) is 5.30. The second kappa shape index (κ2) is 11.5. The van der Waals surface area contributed by atoms with Gasteiger partial charge in [-0.15, -0.1) is 0 Å². The van der Waals surface area contributed by atoms with Crippen LogP contribution in [0.4, 0.5) is 24.5 Å². The molecule has 0 bridgehead atoms. The third-order valence-corrected chi connectivity index (χ3v) is 8.09. The van der Waals surface area contributed by atoms with Crippen LogP contribution in [-0.4, -0.2) is 65.6 Å². The Hall–Kier alpha value is -4.71. The van der Waals surface area contributed by atoms with Gasteiger partial charge in [-0.1, -0.05) is 18.2 Å². The Labute approximate surface area is 245 Å². The minimum Gasteiger partial charge on any atom is -0.380 e. The second-order valence-corrected chi connectivity index (χ2v) is 10.8. The standard InChI is InChI=1S/C31H28F3N5O4/c32-20-6-7-25(23(34)15-20)38-12-10-37(11-13-38)17-19-5-4-18(14-22(19)33)16-35-24-3-1-2-21-28(24)31(43)39(30(21)42)26-8-9-27(40)36-29(26)41/h1-7,14-15,26,35H,8-13,16-17H2,(H,36,40,41). The van der Waals surface area contributed by atoms with E-state index in [1.165, 1.54) is 24.3 Å². The molecule has 3 aromatic rings. The number of carbonyl (C=O) groups excluding carboxylic acids is 4. The molecule has 4 amide bonds. The smallest absolute Gasteiger partial charge is 0.264 e. The summed E-state index contributed by atoms with van der Waals surface area (Å²) in [6.07, 6.45) is 0.0929. The van der Waals surface area contributed by atoms with E-state index in [-0.39, 0.29) is 36.3 Å². The highest BCUT2D eigenvalue weighted by Crippen LogP contribution is 2.33. The quantitative estimate of drug-likeness (QED) is 0.406. The molecule has 12 heteroatoms. The summed E-state index contributed by atoms with van der Waals surface area (Å²) in [7, 11) is 0. The van der Waals surface area contributed by atoms with Crippen LogP contribution < -0.4 is 15.5 Å². The molecule has 0 radical (unpaired) electrons. The molecule has 3 aliphatic heterocycles. The van der Waals surface area contributed by atoms with Crippen molar-refractivity contribution in [2.24, 2.45) is 0 Å². The van der Waals surface area contributed by atoms with Crippen LogP contribution in [0.1, 0.15) is 44.7 Å². The van der Waals surface area contributed by atoms with Gasteiger partial charge in [0, 0.05) is 63.0 Å². The number of amides is 4. The fraction of sp³-hybridized carbons (Fsp3) is 0.290. The Bertz CT molecular complexity index is 1640. The van der Waals surface area contributed by atoms with Crippen LogP contribution in [-0.2, 0) is 22.7 Å². The summed E-state index contributed by atoms with van der Waals surface area (Å²) in [4.78, 5) is 55.0. The molecular weight excluding hydrogens is 563 g/mol. The number of nitrogens with zero attached hydrogens (tertiary/aromatic N) is 3. The van der Waals surface area contributed by atoms with Gasteiger partial charge in [0.05, 0.1) is 16.8 Å².